The molecule has 2 aliphatic rings. The normalized spacial score (nSPS) is 28.9. The number of carbonyl (C=O) groups is 1. The summed E-state index contributed by atoms with van der Waals surface area (Å²) in [6.45, 7) is 0.516. The highest BCUT2D eigenvalue weighted by atomic mass is 32.2. The first-order valence-electron chi connectivity index (χ1n) is 5.79. The standard InChI is InChI=1S/C11H14N2O3S2/c1-18(15,16)12-4-2-9-10(12)6-11(14)13(9)8-3-5-17-7-8/h3,5,7,9-10H,2,4,6H2,1H3/t9-,10+/m0/s1. The smallest absolute Gasteiger partial charge is 0.229 e. The molecular weight excluding hydrogens is 272 g/mol. The van der Waals surface area contributed by atoms with Gasteiger partial charge in [-0.3, -0.25) is 4.79 Å². The maximum Gasteiger partial charge on any atom is 0.229 e. The molecule has 0 unspecified atom stereocenters. The van der Waals surface area contributed by atoms with Gasteiger partial charge in [-0.25, -0.2) is 8.42 Å². The summed E-state index contributed by atoms with van der Waals surface area (Å²) in [5.74, 6) is 0.0248. The van der Waals surface area contributed by atoms with Gasteiger partial charge in [0.2, 0.25) is 15.9 Å². The molecule has 1 amide bonds. The van der Waals surface area contributed by atoms with E-state index in [0.717, 1.165) is 12.1 Å². The fourth-order valence-corrected chi connectivity index (χ4v) is 4.72. The van der Waals surface area contributed by atoms with E-state index in [-0.39, 0.29) is 18.0 Å². The van der Waals surface area contributed by atoms with Crippen molar-refractivity contribution in [3.8, 4) is 0 Å². The Hall–Kier alpha value is -0.920. The third kappa shape index (κ3) is 1.77. The van der Waals surface area contributed by atoms with Crippen molar-refractivity contribution in [2.75, 3.05) is 17.7 Å². The topological polar surface area (TPSA) is 57.7 Å². The van der Waals surface area contributed by atoms with Crippen LogP contribution >= 0.6 is 11.3 Å². The maximum absolute atomic E-state index is 12.1. The third-order valence-electron chi connectivity index (χ3n) is 3.65. The van der Waals surface area contributed by atoms with Gasteiger partial charge in [0.15, 0.2) is 0 Å². The molecule has 2 atom stereocenters. The molecule has 7 heteroatoms. The molecule has 0 aliphatic carbocycles. The molecule has 5 nitrogen and oxygen atoms in total. The number of sulfonamides is 1. The SMILES string of the molecule is CS(=O)(=O)N1CC[C@H]2[C@H]1CC(=O)N2c1ccsc1. The molecule has 0 aromatic carbocycles. The second kappa shape index (κ2) is 4.04. The summed E-state index contributed by atoms with van der Waals surface area (Å²) >= 11 is 1.54. The molecule has 0 saturated carbocycles. The summed E-state index contributed by atoms with van der Waals surface area (Å²) in [5, 5.41) is 3.86. The zero-order chi connectivity index (χ0) is 12.9. The molecular formula is C11H14N2O3S2. The van der Waals surface area contributed by atoms with E-state index in [0.29, 0.717) is 13.0 Å². The summed E-state index contributed by atoms with van der Waals surface area (Å²) < 4.78 is 24.8. The second-order valence-electron chi connectivity index (χ2n) is 4.75. The lowest BCUT2D eigenvalue weighted by molar-refractivity contribution is -0.117. The fraction of sp³-hybridized carbons (Fsp3) is 0.545. The Balaban J connectivity index is 1.93. The van der Waals surface area contributed by atoms with E-state index in [2.05, 4.69) is 0 Å². The molecule has 0 bridgehead atoms. The highest BCUT2D eigenvalue weighted by molar-refractivity contribution is 7.88. The quantitative estimate of drug-likeness (QED) is 0.811. The number of nitrogens with zero attached hydrogens (tertiary/aromatic N) is 2. The maximum atomic E-state index is 12.1. The van der Waals surface area contributed by atoms with Gasteiger partial charge in [-0.15, -0.1) is 0 Å². The molecule has 18 heavy (non-hydrogen) atoms. The van der Waals surface area contributed by atoms with E-state index < -0.39 is 10.0 Å². The minimum absolute atomic E-state index is 0.00169. The zero-order valence-corrected chi connectivity index (χ0v) is 11.6. The third-order valence-corrected chi connectivity index (χ3v) is 5.63. The Labute approximate surface area is 110 Å². The highest BCUT2D eigenvalue weighted by Crippen LogP contribution is 2.37. The summed E-state index contributed by atoms with van der Waals surface area (Å²) in [7, 11) is -3.22. The minimum atomic E-state index is -3.22. The van der Waals surface area contributed by atoms with Crippen molar-refractivity contribution in [3.05, 3.63) is 16.8 Å². The first-order valence-corrected chi connectivity index (χ1v) is 8.58. The molecule has 3 rings (SSSR count). The van der Waals surface area contributed by atoms with Crippen LogP contribution in [0, 0.1) is 0 Å². The molecule has 0 N–H and O–H groups in total. The number of hydrogen-bond acceptors (Lipinski definition) is 4. The van der Waals surface area contributed by atoms with E-state index in [1.165, 1.54) is 10.6 Å². The summed E-state index contributed by atoms with van der Waals surface area (Å²) in [4.78, 5) is 13.8. The van der Waals surface area contributed by atoms with E-state index in [1.807, 2.05) is 16.8 Å². The van der Waals surface area contributed by atoms with Crippen LogP contribution in [0.25, 0.3) is 0 Å². The number of fused-ring (bicyclic) bond motifs is 1. The Bertz CT molecular complexity index is 567. The summed E-state index contributed by atoms with van der Waals surface area (Å²) in [6.07, 6.45) is 2.24. The van der Waals surface area contributed by atoms with Crippen LogP contribution < -0.4 is 4.90 Å². The van der Waals surface area contributed by atoms with Crippen molar-refractivity contribution in [2.24, 2.45) is 0 Å². The fourth-order valence-electron chi connectivity index (χ4n) is 2.95. The lowest BCUT2D eigenvalue weighted by Crippen LogP contribution is -2.39. The van der Waals surface area contributed by atoms with Gasteiger partial charge in [-0.2, -0.15) is 15.6 Å². The molecule has 2 fully saturated rings. The number of anilines is 1. The van der Waals surface area contributed by atoms with Crippen LogP contribution in [0.1, 0.15) is 12.8 Å². The Kier molecular flexibility index (Phi) is 2.72. The van der Waals surface area contributed by atoms with Crippen LogP contribution in [0.2, 0.25) is 0 Å². The van der Waals surface area contributed by atoms with Crippen LogP contribution in [0.5, 0.6) is 0 Å². The van der Waals surface area contributed by atoms with Gasteiger partial charge in [0.1, 0.15) is 0 Å². The lowest BCUT2D eigenvalue weighted by Gasteiger charge is -2.23. The number of rotatable bonds is 2. The van der Waals surface area contributed by atoms with Crippen molar-refractivity contribution in [3.63, 3.8) is 0 Å². The van der Waals surface area contributed by atoms with E-state index in [1.54, 1.807) is 16.2 Å². The van der Waals surface area contributed by atoms with Crippen molar-refractivity contribution in [2.45, 2.75) is 24.9 Å². The van der Waals surface area contributed by atoms with Gasteiger partial charge < -0.3 is 4.90 Å². The molecule has 98 valence electrons. The zero-order valence-electron chi connectivity index (χ0n) is 9.94. The Morgan fingerprint density at radius 3 is 2.78 bits per heavy atom. The van der Waals surface area contributed by atoms with E-state index >= 15 is 0 Å². The van der Waals surface area contributed by atoms with Crippen molar-refractivity contribution in [1.29, 1.82) is 0 Å². The van der Waals surface area contributed by atoms with Gasteiger partial charge in [0.05, 0.1) is 24.0 Å². The monoisotopic (exact) mass is 286 g/mol. The van der Waals surface area contributed by atoms with Crippen LogP contribution in [0.15, 0.2) is 16.8 Å². The van der Waals surface area contributed by atoms with Gasteiger partial charge in [-0.1, -0.05) is 0 Å². The molecule has 1 aromatic heterocycles. The van der Waals surface area contributed by atoms with E-state index in [4.69, 9.17) is 0 Å². The van der Waals surface area contributed by atoms with Crippen molar-refractivity contribution < 1.29 is 13.2 Å². The van der Waals surface area contributed by atoms with Gasteiger partial charge >= 0.3 is 0 Å². The number of amides is 1. The van der Waals surface area contributed by atoms with Gasteiger partial charge in [0, 0.05) is 18.3 Å². The summed E-state index contributed by atoms with van der Waals surface area (Å²) in [6, 6.07) is 1.72. The Morgan fingerprint density at radius 2 is 2.17 bits per heavy atom. The second-order valence-corrected chi connectivity index (χ2v) is 7.46. The predicted molar refractivity (Wildman–Crippen MR) is 70.2 cm³/mol. The molecule has 2 aliphatic heterocycles. The largest absolute Gasteiger partial charge is 0.307 e. The van der Waals surface area contributed by atoms with Gasteiger partial charge in [-0.05, 0) is 17.9 Å². The van der Waals surface area contributed by atoms with Crippen molar-refractivity contribution in [1.82, 2.24) is 4.31 Å². The van der Waals surface area contributed by atoms with Crippen LogP contribution in [0.3, 0.4) is 0 Å². The van der Waals surface area contributed by atoms with E-state index in [9.17, 15) is 13.2 Å². The molecule has 0 spiro atoms. The Morgan fingerprint density at radius 1 is 1.39 bits per heavy atom. The average molecular weight is 286 g/mol. The molecule has 0 radical (unpaired) electrons. The number of carbonyl (C=O) groups excluding carboxylic acids is 1. The lowest BCUT2D eigenvalue weighted by atomic mass is 10.1. The van der Waals surface area contributed by atoms with Crippen LogP contribution in [0.4, 0.5) is 5.69 Å². The molecule has 1 aromatic rings. The van der Waals surface area contributed by atoms with Crippen LogP contribution in [-0.2, 0) is 14.8 Å². The summed E-state index contributed by atoms with van der Waals surface area (Å²) in [5.41, 5.74) is 0.896. The minimum Gasteiger partial charge on any atom is -0.307 e. The van der Waals surface area contributed by atoms with Crippen LogP contribution in [-0.4, -0.2) is 43.5 Å². The van der Waals surface area contributed by atoms with Crippen molar-refractivity contribution >= 4 is 33.0 Å². The number of thiophene rings is 1. The first-order chi connectivity index (χ1) is 8.48. The average Bonchev–Trinajstić information content (AvgIpc) is 2.90. The van der Waals surface area contributed by atoms with Gasteiger partial charge in [0.25, 0.3) is 0 Å². The molecule has 2 saturated heterocycles. The first kappa shape index (κ1) is 12.1. The molecule has 3 heterocycles. The highest BCUT2D eigenvalue weighted by Gasteiger charge is 2.50. The predicted octanol–water partition coefficient (Wildman–Crippen LogP) is 0.887. The number of hydrogen-bond donors (Lipinski definition) is 0.